The summed E-state index contributed by atoms with van der Waals surface area (Å²) >= 11 is 6.07. The molecule has 0 unspecified atom stereocenters. The van der Waals surface area contributed by atoms with Gasteiger partial charge in [-0.2, -0.15) is 0 Å². The minimum atomic E-state index is 0.621. The molecule has 0 aliphatic heterocycles. The molecule has 3 heteroatoms. The molecule has 0 aromatic heterocycles. The van der Waals surface area contributed by atoms with E-state index in [2.05, 4.69) is 19.2 Å². The molecule has 1 N–H and O–H groups in total. The van der Waals surface area contributed by atoms with E-state index < -0.39 is 0 Å². The van der Waals surface area contributed by atoms with Gasteiger partial charge in [0.15, 0.2) is 0 Å². The number of ether oxygens (including phenoxy) is 1. The highest BCUT2D eigenvalue weighted by molar-refractivity contribution is 6.31. The second-order valence-corrected chi connectivity index (χ2v) is 6.06. The molecular weight excluding hydrogens is 270 g/mol. The number of nitrogens with one attached hydrogen (secondary N) is 1. The highest BCUT2D eigenvalue weighted by Crippen LogP contribution is 2.15. The highest BCUT2D eigenvalue weighted by atomic mass is 35.5. The van der Waals surface area contributed by atoms with Crippen LogP contribution >= 0.6 is 11.6 Å². The van der Waals surface area contributed by atoms with E-state index in [1.165, 1.54) is 19.3 Å². The maximum atomic E-state index is 6.07. The van der Waals surface area contributed by atoms with Gasteiger partial charge in [0, 0.05) is 11.6 Å². The first-order valence-corrected chi connectivity index (χ1v) is 8.10. The largest absolute Gasteiger partial charge is 0.377 e. The molecule has 0 atom stereocenters. The molecular formula is C17H28ClNO. The molecule has 0 fully saturated rings. The lowest BCUT2D eigenvalue weighted by Crippen LogP contribution is -2.20. The molecule has 0 aliphatic rings. The van der Waals surface area contributed by atoms with E-state index in [9.17, 15) is 0 Å². The molecule has 0 heterocycles. The molecule has 2 nitrogen and oxygen atoms in total. The molecule has 0 bridgehead atoms. The summed E-state index contributed by atoms with van der Waals surface area (Å²) in [7, 11) is 0. The SMILES string of the molecule is CC(C)CNCCCCCCOCc1ccccc1Cl. The van der Waals surface area contributed by atoms with E-state index in [0.29, 0.717) is 6.61 Å². The molecule has 1 rings (SSSR count). The van der Waals surface area contributed by atoms with Gasteiger partial charge in [-0.05, 0) is 43.5 Å². The van der Waals surface area contributed by atoms with E-state index in [1.54, 1.807) is 0 Å². The molecule has 0 aliphatic carbocycles. The Bertz CT molecular complexity index is 355. The molecule has 0 saturated carbocycles. The van der Waals surface area contributed by atoms with Gasteiger partial charge < -0.3 is 10.1 Å². The van der Waals surface area contributed by atoms with E-state index in [-0.39, 0.29) is 0 Å². The van der Waals surface area contributed by atoms with Crippen molar-refractivity contribution in [2.45, 2.75) is 46.1 Å². The zero-order valence-electron chi connectivity index (χ0n) is 12.8. The van der Waals surface area contributed by atoms with Crippen LogP contribution in [-0.4, -0.2) is 19.7 Å². The zero-order chi connectivity index (χ0) is 14.6. The van der Waals surface area contributed by atoms with E-state index in [1.807, 2.05) is 24.3 Å². The Morgan fingerprint density at radius 3 is 2.60 bits per heavy atom. The van der Waals surface area contributed by atoms with Crippen molar-refractivity contribution < 1.29 is 4.74 Å². The van der Waals surface area contributed by atoms with Crippen LogP contribution in [0.4, 0.5) is 0 Å². The number of rotatable bonds is 11. The fourth-order valence-electron chi connectivity index (χ4n) is 2.00. The quantitative estimate of drug-likeness (QED) is 0.600. The molecule has 0 radical (unpaired) electrons. The third-order valence-electron chi connectivity index (χ3n) is 3.16. The smallest absolute Gasteiger partial charge is 0.0731 e. The lowest BCUT2D eigenvalue weighted by Gasteiger charge is -2.07. The van der Waals surface area contributed by atoms with Crippen molar-refractivity contribution in [2.75, 3.05) is 19.7 Å². The first-order valence-electron chi connectivity index (χ1n) is 7.72. The van der Waals surface area contributed by atoms with E-state index >= 15 is 0 Å². The summed E-state index contributed by atoms with van der Waals surface area (Å²) in [6.45, 7) is 8.19. The molecule has 20 heavy (non-hydrogen) atoms. The van der Waals surface area contributed by atoms with Gasteiger partial charge in [0.05, 0.1) is 6.61 Å². The number of benzene rings is 1. The fourth-order valence-corrected chi connectivity index (χ4v) is 2.19. The standard InChI is InChI=1S/C17H28ClNO/c1-15(2)13-19-11-7-3-4-8-12-20-14-16-9-5-6-10-17(16)18/h5-6,9-10,15,19H,3-4,7-8,11-14H2,1-2H3. The van der Waals surface area contributed by atoms with Crippen LogP contribution in [0.5, 0.6) is 0 Å². The van der Waals surface area contributed by atoms with Gasteiger partial charge in [-0.3, -0.25) is 0 Å². The van der Waals surface area contributed by atoms with Crippen molar-refractivity contribution >= 4 is 11.6 Å². The van der Waals surface area contributed by atoms with Crippen molar-refractivity contribution in [3.8, 4) is 0 Å². The Kier molecular flexibility index (Phi) is 9.73. The van der Waals surface area contributed by atoms with Gasteiger partial charge in [-0.15, -0.1) is 0 Å². The monoisotopic (exact) mass is 297 g/mol. The van der Waals surface area contributed by atoms with Crippen LogP contribution in [0.25, 0.3) is 0 Å². The fraction of sp³-hybridized carbons (Fsp3) is 0.647. The number of halogens is 1. The van der Waals surface area contributed by atoms with Crippen molar-refractivity contribution in [1.29, 1.82) is 0 Å². The molecule has 1 aromatic carbocycles. The molecule has 0 spiro atoms. The van der Waals surface area contributed by atoms with Crippen LogP contribution in [0.3, 0.4) is 0 Å². The van der Waals surface area contributed by atoms with Crippen molar-refractivity contribution in [1.82, 2.24) is 5.32 Å². The summed E-state index contributed by atoms with van der Waals surface area (Å²) in [6.07, 6.45) is 4.91. The highest BCUT2D eigenvalue weighted by Gasteiger charge is 1.98. The third kappa shape index (κ3) is 8.57. The number of hydrogen-bond acceptors (Lipinski definition) is 2. The molecule has 1 aromatic rings. The summed E-state index contributed by atoms with van der Waals surface area (Å²) < 4.78 is 5.66. The topological polar surface area (TPSA) is 21.3 Å². The second-order valence-electron chi connectivity index (χ2n) is 5.66. The van der Waals surface area contributed by atoms with Gasteiger partial charge in [-0.1, -0.05) is 56.5 Å². The predicted octanol–water partition coefficient (Wildman–Crippen LogP) is 4.66. The van der Waals surface area contributed by atoms with Gasteiger partial charge in [0.2, 0.25) is 0 Å². The maximum absolute atomic E-state index is 6.07. The lowest BCUT2D eigenvalue weighted by atomic mass is 10.2. The average Bonchev–Trinajstić information content (AvgIpc) is 2.42. The van der Waals surface area contributed by atoms with Crippen LogP contribution in [0.2, 0.25) is 5.02 Å². The second kappa shape index (κ2) is 11.1. The first kappa shape index (κ1) is 17.5. The molecule has 0 saturated heterocycles. The Morgan fingerprint density at radius 2 is 1.85 bits per heavy atom. The summed E-state index contributed by atoms with van der Waals surface area (Å²) in [5.41, 5.74) is 1.08. The van der Waals surface area contributed by atoms with Crippen LogP contribution in [-0.2, 0) is 11.3 Å². The summed E-state index contributed by atoms with van der Waals surface area (Å²) in [5, 5.41) is 4.26. The van der Waals surface area contributed by atoms with Crippen molar-refractivity contribution in [3.05, 3.63) is 34.9 Å². The summed E-state index contributed by atoms with van der Waals surface area (Å²) in [4.78, 5) is 0. The van der Waals surface area contributed by atoms with Crippen molar-refractivity contribution in [2.24, 2.45) is 5.92 Å². The van der Waals surface area contributed by atoms with Gasteiger partial charge in [0.25, 0.3) is 0 Å². The van der Waals surface area contributed by atoms with Gasteiger partial charge in [-0.25, -0.2) is 0 Å². The van der Waals surface area contributed by atoms with Crippen LogP contribution in [0, 0.1) is 5.92 Å². The van der Waals surface area contributed by atoms with Crippen LogP contribution < -0.4 is 5.32 Å². The van der Waals surface area contributed by atoms with E-state index in [0.717, 1.165) is 42.6 Å². The minimum Gasteiger partial charge on any atom is -0.377 e. The van der Waals surface area contributed by atoms with Crippen LogP contribution in [0.15, 0.2) is 24.3 Å². The van der Waals surface area contributed by atoms with Crippen molar-refractivity contribution in [3.63, 3.8) is 0 Å². The number of unbranched alkanes of at least 4 members (excludes halogenated alkanes) is 3. The summed E-state index contributed by atoms with van der Waals surface area (Å²) in [6, 6.07) is 7.86. The maximum Gasteiger partial charge on any atom is 0.0731 e. The normalized spacial score (nSPS) is 11.2. The Morgan fingerprint density at radius 1 is 1.10 bits per heavy atom. The Hall–Kier alpha value is -0.570. The lowest BCUT2D eigenvalue weighted by molar-refractivity contribution is 0.117. The van der Waals surface area contributed by atoms with Gasteiger partial charge >= 0.3 is 0 Å². The van der Waals surface area contributed by atoms with Gasteiger partial charge in [0.1, 0.15) is 0 Å². The zero-order valence-corrected chi connectivity index (χ0v) is 13.6. The third-order valence-corrected chi connectivity index (χ3v) is 3.53. The first-order chi connectivity index (χ1) is 9.70. The number of hydrogen-bond donors (Lipinski definition) is 1. The molecule has 114 valence electrons. The van der Waals surface area contributed by atoms with Crippen LogP contribution in [0.1, 0.15) is 45.1 Å². The Labute approximate surface area is 128 Å². The molecule has 0 amide bonds. The summed E-state index contributed by atoms with van der Waals surface area (Å²) in [5.74, 6) is 0.744. The Balaban J connectivity index is 1.89. The average molecular weight is 298 g/mol. The predicted molar refractivity (Wildman–Crippen MR) is 87.3 cm³/mol. The minimum absolute atomic E-state index is 0.621. The van der Waals surface area contributed by atoms with E-state index in [4.69, 9.17) is 16.3 Å².